The van der Waals surface area contributed by atoms with Crippen molar-refractivity contribution >= 4 is 11.6 Å². The van der Waals surface area contributed by atoms with Gasteiger partial charge in [-0.25, -0.2) is 0 Å². The molecule has 0 saturated carbocycles. The Hall–Kier alpha value is -1.62. The topological polar surface area (TPSA) is 39.7 Å². The molecule has 0 unspecified atom stereocenters. The van der Waals surface area contributed by atoms with Gasteiger partial charge in [-0.3, -0.25) is 9.78 Å². The molecule has 0 spiro atoms. The standard InChI is InChI=1S/C16H26N4O/c1-12(2)13-6-7-15(14(17-13)10-18(3)4)20-9-8-19(5)16(21)11-20/h6-7,12H,8-11H2,1-5H3. The SMILES string of the molecule is CC(C)c1ccc(N2CCN(C)C(=O)C2)c(CN(C)C)n1. The lowest BCUT2D eigenvalue weighted by Crippen LogP contribution is -2.49. The molecule has 1 amide bonds. The van der Waals surface area contributed by atoms with Crippen molar-refractivity contribution in [3.05, 3.63) is 23.5 Å². The zero-order valence-corrected chi connectivity index (χ0v) is 13.8. The molecule has 1 aliphatic heterocycles. The van der Waals surface area contributed by atoms with E-state index >= 15 is 0 Å². The first-order valence-electron chi connectivity index (χ1n) is 7.52. The van der Waals surface area contributed by atoms with E-state index in [0.717, 1.165) is 36.7 Å². The Bertz CT molecular complexity index is 513. The van der Waals surface area contributed by atoms with Gasteiger partial charge < -0.3 is 14.7 Å². The van der Waals surface area contributed by atoms with Crippen molar-refractivity contribution in [3.63, 3.8) is 0 Å². The average Bonchev–Trinajstić information content (AvgIpc) is 2.41. The second-order valence-electron chi connectivity index (χ2n) is 6.33. The number of piperazine rings is 1. The lowest BCUT2D eigenvalue weighted by atomic mass is 10.1. The molecule has 1 aromatic heterocycles. The minimum atomic E-state index is 0.171. The van der Waals surface area contributed by atoms with E-state index in [1.807, 2.05) is 21.1 Å². The molecule has 1 fully saturated rings. The molecule has 116 valence electrons. The van der Waals surface area contributed by atoms with Crippen molar-refractivity contribution in [2.75, 3.05) is 45.7 Å². The fraction of sp³-hybridized carbons (Fsp3) is 0.625. The third-order valence-corrected chi connectivity index (χ3v) is 3.83. The Morgan fingerprint density at radius 1 is 1.29 bits per heavy atom. The van der Waals surface area contributed by atoms with Crippen LogP contribution in [0.4, 0.5) is 5.69 Å². The van der Waals surface area contributed by atoms with Crippen LogP contribution in [0.3, 0.4) is 0 Å². The maximum Gasteiger partial charge on any atom is 0.241 e. The van der Waals surface area contributed by atoms with E-state index in [0.29, 0.717) is 12.5 Å². The molecule has 0 N–H and O–H groups in total. The average molecular weight is 290 g/mol. The molecule has 5 heteroatoms. The van der Waals surface area contributed by atoms with Crippen LogP contribution < -0.4 is 4.90 Å². The number of nitrogens with zero attached hydrogens (tertiary/aromatic N) is 4. The van der Waals surface area contributed by atoms with Gasteiger partial charge in [0.2, 0.25) is 5.91 Å². The summed E-state index contributed by atoms with van der Waals surface area (Å²) in [5.74, 6) is 0.582. The predicted octanol–water partition coefficient (Wildman–Crippen LogP) is 1.55. The van der Waals surface area contributed by atoms with E-state index in [9.17, 15) is 4.79 Å². The van der Waals surface area contributed by atoms with E-state index in [2.05, 4.69) is 35.8 Å². The van der Waals surface area contributed by atoms with Gasteiger partial charge in [0.25, 0.3) is 0 Å². The van der Waals surface area contributed by atoms with Crippen molar-refractivity contribution in [2.24, 2.45) is 0 Å². The van der Waals surface area contributed by atoms with Gasteiger partial charge in [0, 0.05) is 32.4 Å². The monoisotopic (exact) mass is 290 g/mol. The molecule has 2 heterocycles. The van der Waals surface area contributed by atoms with Crippen LogP contribution in [0.2, 0.25) is 0 Å². The number of aromatic nitrogens is 1. The lowest BCUT2D eigenvalue weighted by molar-refractivity contribution is -0.129. The van der Waals surface area contributed by atoms with Crippen LogP contribution in [-0.4, -0.2) is 61.5 Å². The zero-order chi connectivity index (χ0) is 15.6. The first kappa shape index (κ1) is 15.8. The van der Waals surface area contributed by atoms with E-state index in [1.165, 1.54) is 0 Å². The Balaban J connectivity index is 2.31. The van der Waals surface area contributed by atoms with Crippen LogP contribution in [0, 0.1) is 0 Å². The Morgan fingerprint density at radius 2 is 2.00 bits per heavy atom. The number of pyridine rings is 1. The summed E-state index contributed by atoms with van der Waals surface area (Å²) in [4.78, 5) is 22.8. The second kappa shape index (κ2) is 6.43. The molecule has 2 rings (SSSR count). The minimum absolute atomic E-state index is 0.171. The van der Waals surface area contributed by atoms with Gasteiger partial charge in [-0.15, -0.1) is 0 Å². The van der Waals surface area contributed by atoms with Crippen molar-refractivity contribution < 1.29 is 4.79 Å². The van der Waals surface area contributed by atoms with Crippen molar-refractivity contribution in [1.82, 2.24) is 14.8 Å². The van der Waals surface area contributed by atoms with E-state index in [-0.39, 0.29) is 5.91 Å². The Labute approximate surface area is 127 Å². The highest BCUT2D eigenvalue weighted by Gasteiger charge is 2.23. The summed E-state index contributed by atoms with van der Waals surface area (Å²) >= 11 is 0. The maximum atomic E-state index is 11.9. The highest BCUT2D eigenvalue weighted by atomic mass is 16.2. The summed E-state index contributed by atoms with van der Waals surface area (Å²) in [5.41, 5.74) is 3.26. The summed E-state index contributed by atoms with van der Waals surface area (Å²) in [5, 5.41) is 0. The molecule has 0 aliphatic carbocycles. The van der Waals surface area contributed by atoms with Crippen molar-refractivity contribution in [2.45, 2.75) is 26.3 Å². The summed E-state index contributed by atoms with van der Waals surface area (Å²) in [7, 11) is 5.95. The number of hydrogen-bond donors (Lipinski definition) is 0. The first-order chi connectivity index (χ1) is 9.88. The molecule has 5 nitrogen and oxygen atoms in total. The molecule has 0 radical (unpaired) electrons. The maximum absolute atomic E-state index is 11.9. The summed E-state index contributed by atoms with van der Waals surface area (Å²) < 4.78 is 0. The molecule has 0 aromatic carbocycles. The molecule has 0 atom stereocenters. The molecule has 1 aliphatic rings. The summed E-state index contributed by atoms with van der Waals surface area (Å²) in [6.45, 7) is 7.18. The minimum Gasteiger partial charge on any atom is -0.359 e. The molecule has 21 heavy (non-hydrogen) atoms. The number of anilines is 1. The summed E-state index contributed by atoms with van der Waals surface area (Å²) in [6.07, 6.45) is 0. The first-order valence-corrected chi connectivity index (χ1v) is 7.52. The third kappa shape index (κ3) is 3.73. The fourth-order valence-electron chi connectivity index (χ4n) is 2.50. The molecule has 0 bridgehead atoms. The van der Waals surface area contributed by atoms with Gasteiger partial charge in [-0.2, -0.15) is 0 Å². The van der Waals surface area contributed by atoms with Crippen LogP contribution >= 0.6 is 0 Å². The molecular weight excluding hydrogens is 264 g/mol. The van der Waals surface area contributed by atoms with Crippen molar-refractivity contribution in [1.29, 1.82) is 0 Å². The van der Waals surface area contributed by atoms with Gasteiger partial charge in [0.15, 0.2) is 0 Å². The van der Waals surface area contributed by atoms with Crippen LogP contribution in [-0.2, 0) is 11.3 Å². The number of rotatable bonds is 4. The number of carbonyl (C=O) groups is 1. The molecule has 1 saturated heterocycles. The number of carbonyl (C=O) groups excluding carboxylic acids is 1. The van der Waals surface area contributed by atoms with Gasteiger partial charge >= 0.3 is 0 Å². The third-order valence-electron chi connectivity index (χ3n) is 3.83. The van der Waals surface area contributed by atoms with E-state index < -0.39 is 0 Å². The number of likely N-dealkylation sites (N-methyl/N-ethyl adjacent to an activating group) is 1. The van der Waals surface area contributed by atoms with Crippen LogP contribution in [0.25, 0.3) is 0 Å². The highest BCUT2D eigenvalue weighted by Crippen LogP contribution is 2.24. The van der Waals surface area contributed by atoms with Crippen LogP contribution in [0.1, 0.15) is 31.2 Å². The van der Waals surface area contributed by atoms with Gasteiger partial charge in [-0.1, -0.05) is 13.8 Å². The quantitative estimate of drug-likeness (QED) is 0.843. The van der Waals surface area contributed by atoms with E-state index in [4.69, 9.17) is 4.98 Å². The molecule has 1 aromatic rings. The number of amides is 1. The lowest BCUT2D eigenvalue weighted by Gasteiger charge is -2.34. The normalized spacial score (nSPS) is 16.2. The van der Waals surface area contributed by atoms with Crippen molar-refractivity contribution in [3.8, 4) is 0 Å². The fourth-order valence-corrected chi connectivity index (χ4v) is 2.50. The van der Waals surface area contributed by atoms with Crippen LogP contribution in [0.15, 0.2) is 12.1 Å². The largest absolute Gasteiger partial charge is 0.359 e. The zero-order valence-electron chi connectivity index (χ0n) is 13.8. The van der Waals surface area contributed by atoms with Gasteiger partial charge in [-0.05, 0) is 32.1 Å². The van der Waals surface area contributed by atoms with Gasteiger partial charge in [0.1, 0.15) is 0 Å². The second-order valence-corrected chi connectivity index (χ2v) is 6.33. The predicted molar refractivity (Wildman–Crippen MR) is 85.6 cm³/mol. The van der Waals surface area contributed by atoms with Crippen LogP contribution in [0.5, 0.6) is 0 Å². The smallest absolute Gasteiger partial charge is 0.241 e. The molecular formula is C16H26N4O. The van der Waals surface area contributed by atoms with Gasteiger partial charge in [0.05, 0.1) is 17.9 Å². The van der Waals surface area contributed by atoms with E-state index in [1.54, 1.807) is 4.90 Å². The number of hydrogen-bond acceptors (Lipinski definition) is 4. The summed E-state index contributed by atoms with van der Waals surface area (Å²) in [6, 6.07) is 4.21. The Morgan fingerprint density at radius 3 is 2.57 bits per heavy atom. The highest BCUT2D eigenvalue weighted by molar-refractivity contribution is 5.82. The Kier molecular flexibility index (Phi) is 4.83.